The Hall–Kier alpha value is -1.19. The zero-order chi connectivity index (χ0) is 15.6. The van der Waals surface area contributed by atoms with Crippen molar-refractivity contribution in [2.45, 2.75) is 11.8 Å². The molecule has 0 aromatic heterocycles. The van der Waals surface area contributed by atoms with E-state index < -0.39 is 10.0 Å². The molecule has 0 spiro atoms. The van der Waals surface area contributed by atoms with Crippen LogP contribution in [0, 0.1) is 10.5 Å². The van der Waals surface area contributed by atoms with Gasteiger partial charge in [-0.1, -0.05) is 18.3 Å². The molecule has 3 N–H and O–H groups in total. The Bertz CT molecular complexity index is 787. The van der Waals surface area contributed by atoms with Crippen LogP contribution in [0.25, 0.3) is 0 Å². The molecule has 2 aromatic carbocycles. The predicted octanol–water partition coefficient (Wildman–Crippen LogP) is 3.03. The molecule has 21 heavy (non-hydrogen) atoms. The summed E-state index contributed by atoms with van der Waals surface area (Å²) in [5, 5.41) is 0. The van der Waals surface area contributed by atoms with E-state index >= 15 is 0 Å². The second-order valence-electron chi connectivity index (χ2n) is 4.46. The van der Waals surface area contributed by atoms with Crippen LogP contribution in [0.15, 0.2) is 47.4 Å². The third-order valence-corrected chi connectivity index (χ3v) is 5.34. The van der Waals surface area contributed by atoms with E-state index in [0.717, 1.165) is 3.57 Å². The number of anilines is 1. The van der Waals surface area contributed by atoms with Crippen molar-refractivity contribution in [3.8, 4) is 0 Å². The highest BCUT2D eigenvalue weighted by molar-refractivity contribution is 14.1. The Morgan fingerprint density at radius 2 is 1.81 bits per heavy atom. The van der Waals surface area contributed by atoms with Crippen LogP contribution in [0.1, 0.15) is 11.1 Å². The lowest BCUT2D eigenvalue weighted by Gasteiger charge is -2.11. The fraction of sp³-hybridized carbons (Fsp3) is 0.0714. The van der Waals surface area contributed by atoms with Gasteiger partial charge in [-0.3, -0.25) is 4.72 Å². The number of thiocarbonyl (C=S) groups is 1. The van der Waals surface area contributed by atoms with Crippen molar-refractivity contribution < 1.29 is 8.42 Å². The molecule has 0 radical (unpaired) electrons. The summed E-state index contributed by atoms with van der Waals surface area (Å²) in [6, 6.07) is 11.9. The molecule has 0 aliphatic heterocycles. The van der Waals surface area contributed by atoms with Gasteiger partial charge in [-0.05, 0) is 71.5 Å². The minimum atomic E-state index is -3.64. The summed E-state index contributed by atoms with van der Waals surface area (Å²) in [7, 11) is -3.64. The van der Waals surface area contributed by atoms with Crippen molar-refractivity contribution in [1.29, 1.82) is 0 Å². The number of benzene rings is 2. The van der Waals surface area contributed by atoms with Crippen LogP contribution in [0.2, 0.25) is 0 Å². The van der Waals surface area contributed by atoms with Gasteiger partial charge < -0.3 is 5.73 Å². The lowest BCUT2D eigenvalue weighted by Crippen LogP contribution is -2.15. The van der Waals surface area contributed by atoms with Gasteiger partial charge in [0.25, 0.3) is 10.0 Å². The Balaban J connectivity index is 2.35. The molecule has 2 rings (SSSR count). The molecule has 0 aliphatic rings. The molecular formula is C14H13IN2O2S2. The number of aryl methyl sites for hydroxylation is 1. The number of halogens is 1. The van der Waals surface area contributed by atoms with Gasteiger partial charge in [-0.15, -0.1) is 0 Å². The highest BCUT2D eigenvalue weighted by atomic mass is 127. The monoisotopic (exact) mass is 432 g/mol. The summed E-state index contributed by atoms with van der Waals surface area (Å²) < 4.78 is 28.4. The number of sulfonamides is 1. The number of nitrogens with one attached hydrogen (secondary N) is 1. The largest absolute Gasteiger partial charge is 0.389 e. The molecule has 0 fully saturated rings. The first-order chi connectivity index (χ1) is 9.79. The normalized spacial score (nSPS) is 11.1. The van der Waals surface area contributed by atoms with Crippen molar-refractivity contribution in [3.05, 3.63) is 57.2 Å². The fourth-order valence-corrected chi connectivity index (χ4v) is 3.61. The van der Waals surface area contributed by atoms with Crippen molar-refractivity contribution >= 4 is 55.5 Å². The first-order valence-electron chi connectivity index (χ1n) is 5.98. The Labute approximate surface area is 142 Å². The maximum absolute atomic E-state index is 12.4. The van der Waals surface area contributed by atoms with Gasteiger partial charge in [0.2, 0.25) is 0 Å². The molecule has 0 heterocycles. The minimum Gasteiger partial charge on any atom is -0.389 e. The van der Waals surface area contributed by atoms with E-state index in [-0.39, 0.29) is 9.88 Å². The lowest BCUT2D eigenvalue weighted by atomic mass is 10.1. The summed E-state index contributed by atoms with van der Waals surface area (Å²) in [5.41, 5.74) is 7.31. The van der Waals surface area contributed by atoms with Crippen LogP contribution in [-0.2, 0) is 10.0 Å². The van der Waals surface area contributed by atoms with E-state index in [1.807, 2.05) is 12.1 Å². The molecule has 0 saturated carbocycles. The molecule has 2 aromatic rings. The van der Waals surface area contributed by atoms with Gasteiger partial charge in [0.15, 0.2) is 0 Å². The van der Waals surface area contributed by atoms with E-state index in [9.17, 15) is 8.42 Å². The number of hydrogen-bond donors (Lipinski definition) is 2. The minimum absolute atomic E-state index is 0.209. The number of rotatable bonds is 4. The summed E-state index contributed by atoms with van der Waals surface area (Å²) in [6.07, 6.45) is 0. The summed E-state index contributed by atoms with van der Waals surface area (Å²) >= 11 is 7.05. The van der Waals surface area contributed by atoms with E-state index in [2.05, 4.69) is 27.3 Å². The standard InChI is InChI=1S/C14H13IN2O2S2/c1-9-8-10(14(16)20)2-7-13(9)21(18,19)17-12-5-3-11(15)4-6-12/h2-8,17H,1H3,(H2,16,20). The quantitative estimate of drug-likeness (QED) is 0.576. The number of nitrogens with two attached hydrogens (primary N) is 1. The molecular weight excluding hydrogens is 419 g/mol. The van der Waals surface area contributed by atoms with Crippen LogP contribution >= 0.6 is 34.8 Å². The first kappa shape index (κ1) is 16.2. The van der Waals surface area contributed by atoms with Crippen molar-refractivity contribution in [1.82, 2.24) is 0 Å². The third-order valence-electron chi connectivity index (χ3n) is 2.85. The van der Waals surface area contributed by atoms with Crippen molar-refractivity contribution in [2.24, 2.45) is 5.73 Å². The maximum atomic E-state index is 12.4. The van der Waals surface area contributed by atoms with E-state index in [1.54, 1.807) is 31.2 Å². The van der Waals surface area contributed by atoms with Gasteiger partial charge in [-0.25, -0.2) is 8.42 Å². The van der Waals surface area contributed by atoms with Crippen LogP contribution in [0.3, 0.4) is 0 Å². The SMILES string of the molecule is Cc1cc(C(N)=S)ccc1S(=O)(=O)Nc1ccc(I)cc1. The Morgan fingerprint density at radius 1 is 1.19 bits per heavy atom. The van der Waals surface area contributed by atoms with Crippen molar-refractivity contribution in [3.63, 3.8) is 0 Å². The average Bonchev–Trinajstić information content (AvgIpc) is 2.40. The highest BCUT2D eigenvalue weighted by Gasteiger charge is 2.17. The van der Waals surface area contributed by atoms with Crippen LogP contribution in [0.5, 0.6) is 0 Å². The van der Waals surface area contributed by atoms with Crippen LogP contribution < -0.4 is 10.5 Å². The topological polar surface area (TPSA) is 72.2 Å². The maximum Gasteiger partial charge on any atom is 0.262 e. The second kappa shape index (κ2) is 6.29. The molecule has 0 aliphatic carbocycles. The molecule has 0 bridgehead atoms. The zero-order valence-electron chi connectivity index (χ0n) is 11.1. The number of hydrogen-bond acceptors (Lipinski definition) is 3. The van der Waals surface area contributed by atoms with Gasteiger partial charge in [0, 0.05) is 14.8 Å². The second-order valence-corrected chi connectivity index (χ2v) is 7.79. The zero-order valence-corrected chi connectivity index (χ0v) is 14.9. The molecule has 0 saturated heterocycles. The van der Waals surface area contributed by atoms with Crippen molar-refractivity contribution in [2.75, 3.05) is 4.72 Å². The van der Waals surface area contributed by atoms with Crippen LogP contribution in [0.4, 0.5) is 5.69 Å². The summed E-state index contributed by atoms with van der Waals surface area (Å²) in [4.78, 5) is 0.452. The van der Waals surface area contributed by atoms with Gasteiger partial charge in [-0.2, -0.15) is 0 Å². The molecule has 110 valence electrons. The smallest absolute Gasteiger partial charge is 0.262 e. The average molecular weight is 432 g/mol. The summed E-state index contributed by atoms with van der Waals surface area (Å²) in [6.45, 7) is 1.71. The van der Waals surface area contributed by atoms with Gasteiger partial charge in [0.1, 0.15) is 4.99 Å². The Kier molecular flexibility index (Phi) is 4.84. The van der Waals surface area contributed by atoms with Gasteiger partial charge >= 0.3 is 0 Å². The molecule has 0 unspecified atom stereocenters. The fourth-order valence-electron chi connectivity index (χ4n) is 1.83. The molecule has 0 amide bonds. The molecule has 4 nitrogen and oxygen atoms in total. The third kappa shape index (κ3) is 3.92. The summed E-state index contributed by atoms with van der Waals surface area (Å²) in [5.74, 6) is 0. The Morgan fingerprint density at radius 3 is 2.33 bits per heavy atom. The van der Waals surface area contributed by atoms with E-state index in [1.165, 1.54) is 6.07 Å². The lowest BCUT2D eigenvalue weighted by molar-refractivity contribution is 0.600. The van der Waals surface area contributed by atoms with Gasteiger partial charge in [0.05, 0.1) is 4.90 Å². The van der Waals surface area contributed by atoms with E-state index in [0.29, 0.717) is 16.8 Å². The molecule has 0 atom stereocenters. The highest BCUT2D eigenvalue weighted by Crippen LogP contribution is 2.21. The van der Waals surface area contributed by atoms with E-state index in [4.69, 9.17) is 18.0 Å². The molecule has 7 heteroatoms. The van der Waals surface area contributed by atoms with Crippen LogP contribution in [-0.4, -0.2) is 13.4 Å². The first-order valence-corrected chi connectivity index (χ1v) is 8.95. The predicted molar refractivity (Wildman–Crippen MR) is 97.0 cm³/mol.